The summed E-state index contributed by atoms with van der Waals surface area (Å²) in [6, 6.07) is 6.88. The van der Waals surface area contributed by atoms with Gasteiger partial charge in [0.1, 0.15) is 4.99 Å². The lowest BCUT2D eigenvalue weighted by Gasteiger charge is -2.06. The number of sulfonamides is 1. The molecule has 0 bridgehead atoms. The van der Waals surface area contributed by atoms with E-state index in [1.165, 1.54) is 11.3 Å². The Bertz CT molecular complexity index is 695. The van der Waals surface area contributed by atoms with Gasteiger partial charge in [-0.25, -0.2) is 18.1 Å². The summed E-state index contributed by atoms with van der Waals surface area (Å²) in [5.41, 5.74) is 6.92. The number of hydrogen-bond acceptors (Lipinski definition) is 5. The Hall–Kier alpha value is -1.35. The van der Waals surface area contributed by atoms with Gasteiger partial charge in [-0.15, -0.1) is 11.3 Å². The van der Waals surface area contributed by atoms with E-state index >= 15 is 0 Å². The Morgan fingerprint density at radius 2 is 2.05 bits per heavy atom. The molecule has 0 atom stereocenters. The van der Waals surface area contributed by atoms with Crippen LogP contribution in [0.3, 0.4) is 0 Å². The van der Waals surface area contributed by atoms with Crippen molar-refractivity contribution < 1.29 is 8.42 Å². The molecular weight excluding hydrogens is 326 g/mol. The first-order valence-electron chi connectivity index (χ1n) is 6.21. The average molecular weight is 341 g/mol. The molecule has 0 amide bonds. The summed E-state index contributed by atoms with van der Waals surface area (Å²) in [5.74, 6) is -0.0670. The topological polar surface area (TPSA) is 85.1 Å². The van der Waals surface area contributed by atoms with E-state index in [-0.39, 0.29) is 5.75 Å². The molecule has 0 spiro atoms. The van der Waals surface area contributed by atoms with Crippen LogP contribution in [0.4, 0.5) is 0 Å². The number of nitrogens with zero attached hydrogens (tertiary/aromatic N) is 1. The molecule has 21 heavy (non-hydrogen) atoms. The van der Waals surface area contributed by atoms with E-state index in [0.29, 0.717) is 23.5 Å². The van der Waals surface area contributed by atoms with E-state index in [1.807, 2.05) is 5.38 Å². The molecule has 0 saturated heterocycles. The first-order valence-corrected chi connectivity index (χ1v) is 9.15. The van der Waals surface area contributed by atoms with Gasteiger partial charge in [-0.2, -0.15) is 0 Å². The molecule has 1 aromatic carbocycles. The van der Waals surface area contributed by atoms with Crippen LogP contribution in [0.1, 0.15) is 16.1 Å². The highest BCUT2D eigenvalue weighted by atomic mass is 32.2. The Balaban J connectivity index is 1.89. The second-order valence-electron chi connectivity index (χ2n) is 4.39. The maximum atomic E-state index is 12.0. The fourth-order valence-corrected chi connectivity index (χ4v) is 3.63. The van der Waals surface area contributed by atoms with Gasteiger partial charge in [-0.3, -0.25) is 0 Å². The molecule has 0 aliphatic heterocycles. The predicted molar refractivity (Wildman–Crippen MR) is 88.8 cm³/mol. The van der Waals surface area contributed by atoms with Gasteiger partial charge in [0.05, 0.1) is 10.8 Å². The van der Waals surface area contributed by atoms with Gasteiger partial charge in [0.25, 0.3) is 0 Å². The highest BCUT2D eigenvalue weighted by Gasteiger charge is 2.11. The molecule has 2 rings (SSSR count). The average Bonchev–Trinajstić information content (AvgIpc) is 2.91. The summed E-state index contributed by atoms with van der Waals surface area (Å²) in [6.45, 7) is 0.348. The lowest BCUT2D eigenvalue weighted by molar-refractivity contribution is 0.580. The molecule has 0 unspecified atom stereocenters. The van der Waals surface area contributed by atoms with Crippen LogP contribution in [-0.2, 0) is 22.2 Å². The van der Waals surface area contributed by atoms with Crippen molar-refractivity contribution in [2.75, 3.05) is 6.54 Å². The summed E-state index contributed by atoms with van der Waals surface area (Å²) < 4.78 is 26.5. The fourth-order valence-electron chi connectivity index (χ4n) is 1.73. The Morgan fingerprint density at radius 1 is 1.33 bits per heavy atom. The summed E-state index contributed by atoms with van der Waals surface area (Å²) in [4.78, 5) is 4.40. The van der Waals surface area contributed by atoms with E-state index in [1.54, 1.807) is 30.5 Å². The second-order valence-corrected chi connectivity index (χ2v) is 7.62. The van der Waals surface area contributed by atoms with Crippen molar-refractivity contribution in [3.8, 4) is 0 Å². The highest BCUT2D eigenvalue weighted by Crippen LogP contribution is 2.08. The monoisotopic (exact) mass is 341 g/mol. The van der Waals surface area contributed by atoms with Crippen molar-refractivity contribution in [1.82, 2.24) is 9.71 Å². The van der Waals surface area contributed by atoms with Crippen LogP contribution < -0.4 is 10.5 Å². The molecule has 2 aromatic rings. The van der Waals surface area contributed by atoms with Crippen LogP contribution in [0.2, 0.25) is 0 Å². The van der Waals surface area contributed by atoms with E-state index in [4.69, 9.17) is 18.0 Å². The van der Waals surface area contributed by atoms with Crippen LogP contribution in [0, 0.1) is 0 Å². The van der Waals surface area contributed by atoms with Gasteiger partial charge in [0, 0.05) is 30.1 Å². The van der Waals surface area contributed by atoms with Crippen molar-refractivity contribution in [2.45, 2.75) is 12.2 Å². The molecule has 0 fully saturated rings. The largest absolute Gasteiger partial charge is 0.389 e. The molecule has 1 heterocycles. The fraction of sp³-hybridized carbons (Fsp3) is 0.231. The molecule has 3 N–H and O–H groups in total. The Morgan fingerprint density at radius 3 is 2.62 bits per heavy atom. The van der Waals surface area contributed by atoms with Crippen molar-refractivity contribution in [3.05, 3.63) is 52.0 Å². The molecular formula is C13H15N3O2S3. The molecule has 112 valence electrons. The van der Waals surface area contributed by atoms with Crippen LogP contribution in [0.15, 0.2) is 35.8 Å². The summed E-state index contributed by atoms with van der Waals surface area (Å²) in [6.07, 6.45) is 2.30. The van der Waals surface area contributed by atoms with Gasteiger partial charge < -0.3 is 5.73 Å². The van der Waals surface area contributed by atoms with E-state index in [0.717, 1.165) is 10.6 Å². The summed E-state index contributed by atoms with van der Waals surface area (Å²) in [5, 5.41) is 2.78. The van der Waals surface area contributed by atoms with Crippen LogP contribution in [0.5, 0.6) is 0 Å². The SMILES string of the molecule is NC(=S)c1ccc(CS(=O)(=O)NCCc2nccs2)cc1. The van der Waals surface area contributed by atoms with Crippen LogP contribution in [0.25, 0.3) is 0 Å². The van der Waals surface area contributed by atoms with Gasteiger partial charge in [0.2, 0.25) is 10.0 Å². The third-order valence-electron chi connectivity index (χ3n) is 2.74. The molecule has 0 radical (unpaired) electrons. The first kappa shape index (κ1) is 16.0. The predicted octanol–water partition coefficient (Wildman–Crippen LogP) is 1.44. The minimum Gasteiger partial charge on any atom is -0.389 e. The number of nitrogens with one attached hydrogen (secondary N) is 1. The van der Waals surface area contributed by atoms with E-state index in [2.05, 4.69) is 9.71 Å². The molecule has 5 nitrogen and oxygen atoms in total. The number of nitrogens with two attached hydrogens (primary N) is 1. The van der Waals surface area contributed by atoms with Crippen molar-refractivity contribution in [2.24, 2.45) is 5.73 Å². The minimum absolute atomic E-state index is 0.0670. The number of aromatic nitrogens is 1. The zero-order chi connectivity index (χ0) is 15.3. The van der Waals surface area contributed by atoms with Crippen LogP contribution in [-0.4, -0.2) is 24.9 Å². The number of benzene rings is 1. The zero-order valence-electron chi connectivity index (χ0n) is 11.2. The Kier molecular flexibility index (Phi) is 5.40. The molecule has 0 aliphatic carbocycles. The summed E-state index contributed by atoms with van der Waals surface area (Å²) >= 11 is 6.37. The third kappa shape index (κ3) is 5.16. The quantitative estimate of drug-likeness (QED) is 0.744. The second kappa shape index (κ2) is 7.08. The Labute approximate surface area is 133 Å². The molecule has 8 heteroatoms. The van der Waals surface area contributed by atoms with Gasteiger partial charge in [0.15, 0.2) is 0 Å². The van der Waals surface area contributed by atoms with Crippen molar-refractivity contribution in [1.29, 1.82) is 0 Å². The van der Waals surface area contributed by atoms with E-state index in [9.17, 15) is 8.42 Å². The van der Waals surface area contributed by atoms with Gasteiger partial charge in [-0.05, 0) is 5.56 Å². The number of rotatable bonds is 7. The maximum absolute atomic E-state index is 12.0. The lowest BCUT2D eigenvalue weighted by atomic mass is 10.1. The van der Waals surface area contributed by atoms with E-state index < -0.39 is 10.0 Å². The molecule has 0 saturated carbocycles. The number of thiocarbonyl (C=S) groups is 1. The maximum Gasteiger partial charge on any atom is 0.215 e. The van der Waals surface area contributed by atoms with Crippen molar-refractivity contribution in [3.63, 3.8) is 0 Å². The third-order valence-corrected chi connectivity index (χ3v) is 5.17. The first-order chi connectivity index (χ1) is 9.96. The normalized spacial score (nSPS) is 11.4. The standard InChI is InChI=1S/C13H15N3O2S3/c14-13(19)11-3-1-10(2-4-11)9-21(17,18)16-6-5-12-15-7-8-20-12/h1-4,7-8,16H,5-6,9H2,(H2,14,19). The number of hydrogen-bond donors (Lipinski definition) is 2. The molecule has 0 aliphatic rings. The molecule has 1 aromatic heterocycles. The zero-order valence-corrected chi connectivity index (χ0v) is 13.6. The summed E-state index contributed by atoms with van der Waals surface area (Å²) in [7, 11) is -3.36. The van der Waals surface area contributed by atoms with Crippen LogP contribution >= 0.6 is 23.6 Å². The highest BCUT2D eigenvalue weighted by molar-refractivity contribution is 7.88. The van der Waals surface area contributed by atoms with Gasteiger partial charge in [-0.1, -0.05) is 36.5 Å². The smallest absolute Gasteiger partial charge is 0.215 e. The number of thiazole rings is 1. The van der Waals surface area contributed by atoms with Gasteiger partial charge >= 0.3 is 0 Å². The minimum atomic E-state index is -3.36. The lowest BCUT2D eigenvalue weighted by Crippen LogP contribution is -2.27. The van der Waals surface area contributed by atoms with Crippen molar-refractivity contribution >= 4 is 38.6 Å².